The maximum absolute atomic E-state index is 13.8. The minimum Gasteiger partial charge on any atom is -0.367 e. The Morgan fingerprint density at radius 3 is 2.38 bits per heavy atom. The van der Waals surface area contributed by atoms with Gasteiger partial charge in [-0.3, -0.25) is 4.79 Å². The summed E-state index contributed by atoms with van der Waals surface area (Å²) in [4.78, 5) is 23.3. The number of hydrogen-bond donors (Lipinski definition) is 1. The second kappa shape index (κ2) is 9.48. The number of benzene rings is 1. The molecule has 1 aromatic heterocycles. The average Bonchev–Trinajstić information content (AvgIpc) is 2.69. The van der Waals surface area contributed by atoms with Gasteiger partial charge in [0.25, 0.3) is 0 Å². The van der Waals surface area contributed by atoms with Gasteiger partial charge in [-0.15, -0.1) is 0 Å². The molecule has 2 aromatic rings. The molecule has 1 amide bonds. The van der Waals surface area contributed by atoms with E-state index >= 15 is 0 Å². The highest BCUT2D eigenvalue weighted by molar-refractivity contribution is 6.31. The van der Waals surface area contributed by atoms with Crippen molar-refractivity contribution in [3.8, 4) is 0 Å². The van der Waals surface area contributed by atoms with Gasteiger partial charge in [-0.2, -0.15) is 18.2 Å². The number of aryl methyl sites for hydroxylation is 1. The van der Waals surface area contributed by atoms with Crippen molar-refractivity contribution in [3.05, 3.63) is 40.8 Å². The second-order valence-electron chi connectivity index (χ2n) is 8.05. The van der Waals surface area contributed by atoms with E-state index in [4.69, 9.17) is 11.6 Å². The lowest BCUT2D eigenvalue weighted by Gasteiger charge is -2.37. The van der Waals surface area contributed by atoms with Gasteiger partial charge in [0.05, 0.1) is 0 Å². The van der Waals surface area contributed by atoms with Crippen LogP contribution < -0.4 is 15.1 Å². The lowest BCUT2D eigenvalue weighted by Crippen LogP contribution is -2.49. The predicted molar refractivity (Wildman–Crippen MR) is 116 cm³/mol. The van der Waals surface area contributed by atoms with Gasteiger partial charge in [0.15, 0.2) is 0 Å². The Morgan fingerprint density at radius 2 is 1.81 bits per heavy atom. The molecule has 0 unspecified atom stereocenters. The van der Waals surface area contributed by atoms with Crippen molar-refractivity contribution in [2.45, 2.75) is 50.9 Å². The number of alkyl halides is 3. The largest absolute Gasteiger partial charge is 0.471 e. The summed E-state index contributed by atoms with van der Waals surface area (Å²) in [7, 11) is 3.65. The highest BCUT2D eigenvalue weighted by atomic mass is 35.5. The van der Waals surface area contributed by atoms with Crippen LogP contribution in [0.15, 0.2) is 24.4 Å². The Balaban J connectivity index is 1.77. The molecule has 174 valence electrons. The van der Waals surface area contributed by atoms with Crippen molar-refractivity contribution >= 4 is 35.0 Å². The average molecular weight is 474 g/mol. The number of nitrogens with zero attached hydrogens (tertiary/aromatic N) is 4. The van der Waals surface area contributed by atoms with Crippen LogP contribution in [0, 0.1) is 12.7 Å². The molecule has 6 nitrogen and oxygen atoms in total. The molecule has 11 heteroatoms. The molecule has 0 spiro atoms. The Bertz CT molecular complexity index is 957. The number of rotatable bonds is 5. The summed E-state index contributed by atoms with van der Waals surface area (Å²) in [6, 6.07) is 2.28. The first-order valence-electron chi connectivity index (χ1n) is 10.1. The van der Waals surface area contributed by atoms with Crippen LogP contribution in [-0.2, 0) is 4.79 Å². The van der Waals surface area contributed by atoms with E-state index in [1.165, 1.54) is 6.07 Å². The maximum Gasteiger partial charge on any atom is 0.471 e. The van der Waals surface area contributed by atoms with Crippen molar-refractivity contribution in [2.24, 2.45) is 0 Å². The molecule has 1 fully saturated rings. The van der Waals surface area contributed by atoms with Crippen LogP contribution in [0.2, 0.25) is 5.02 Å². The molecule has 1 aromatic carbocycles. The van der Waals surface area contributed by atoms with Gasteiger partial charge in [0.1, 0.15) is 11.6 Å². The van der Waals surface area contributed by atoms with Crippen LogP contribution in [-0.4, -0.2) is 48.2 Å². The summed E-state index contributed by atoms with van der Waals surface area (Å²) in [5, 5.41) is 3.26. The van der Waals surface area contributed by atoms with Crippen LogP contribution in [0.3, 0.4) is 0 Å². The van der Waals surface area contributed by atoms with Crippen molar-refractivity contribution in [1.29, 1.82) is 0 Å². The molecular weight excluding hydrogens is 450 g/mol. The molecule has 1 aliphatic rings. The first-order chi connectivity index (χ1) is 15.0. The van der Waals surface area contributed by atoms with Gasteiger partial charge in [-0.25, -0.2) is 9.37 Å². The molecule has 0 atom stereocenters. The molecule has 1 N–H and O–H groups in total. The minimum atomic E-state index is -5.09. The normalized spacial score (nSPS) is 18.9. The van der Waals surface area contributed by atoms with Gasteiger partial charge in [0, 0.05) is 48.6 Å². The first-order valence-corrected chi connectivity index (χ1v) is 10.5. The zero-order valence-electron chi connectivity index (χ0n) is 17.9. The summed E-state index contributed by atoms with van der Waals surface area (Å²) in [6.07, 6.45) is -1.76. The summed E-state index contributed by atoms with van der Waals surface area (Å²) < 4.78 is 53.7. The molecule has 0 saturated heterocycles. The Labute approximate surface area is 188 Å². The highest BCUT2D eigenvalue weighted by Crippen LogP contribution is 2.34. The number of hydrogen-bond acceptors (Lipinski definition) is 5. The van der Waals surface area contributed by atoms with Gasteiger partial charge in [-0.05, 0) is 50.8 Å². The molecule has 0 radical (unpaired) electrons. The molecule has 0 bridgehead atoms. The summed E-state index contributed by atoms with van der Waals surface area (Å²) in [5.41, 5.74) is 0.650. The molecule has 0 aliphatic heterocycles. The molecule has 1 saturated carbocycles. The second-order valence-corrected chi connectivity index (χ2v) is 8.48. The predicted octanol–water partition coefficient (Wildman–Crippen LogP) is 4.96. The fourth-order valence-corrected chi connectivity index (χ4v) is 3.99. The van der Waals surface area contributed by atoms with Gasteiger partial charge >= 0.3 is 12.1 Å². The number of carbonyl (C=O) groups excluding carboxylic acids is 1. The number of anilines is 3. The third-order valence-electron chi connectivity index (χ3n) is 5.35. The van der Waals surface area contributed by atoms with E-state index in [1.807, 2.05) is 21.0 Å². The van der Waals surface area contributed by atoms with Crippen LogP contribution in [0.1, 0.15) is 31.2 Å². The summed E-state index contributed by atoms with van der Waals surface area (Å²) in [6.45, 7) is 1.87. The monoisotopic (exact) mass is 473 g/mol. The van der Waals surface area contributed by atoms with Gasteiger partial charge in [-0.1, -0.05) is 11.6 Å². The molecule has 1 aliphatic carbocycles. The Morgan fingerprint density at radius 1 is 1.16 bits per heavy atom. The zero-order chi connectivity index (χ0) is 23.6. The van der Waals surface area contributed by atoms with E-state index in [-0.39, 0.29) is 16.8 Å². The van der Waals surface area contributed by atoms with Crippen molar-refractivity contribution in [2.75, 3.05) is 29.2 Å². The van der Waals surface area contributed by atoms with E-state index in [1.54, 1.807) is 11.1 Å². The van der Waals surface area contributed by atoms with Crippen LogP contribution in [0.25, 0.3) is 0 Å². The highest BCUT2D eigenvalue weighted by Gasteiger charge is 2.46. The van der Waals surface area contributed by atoms with Crippen molar-refractivity contribution < 1.29 is 22.4 Å². The Kier molecular flexibility index (Phi) is 7.12. The van der Waals surface area contributed by atoms with E-state index in [0.29, 0.717) is 42.3 Å². The fourth-order valence-electron chi connectivity index (χ4n) is 3.77. The third kappa shape index (κ3) is 5.59. The minimum absolute atomic E-state index is 0.0335. The van der Waals surface area contributed by atoms with Crippen molar-refractivity contribution in [1.82, 2.24) is 9.97 Å². The fraction of sp³-hybridized carbons (Fsp3) is 0.476. The number of halogens is 5. The molecule has 32 heavy (non-hydrogen) atoms. The SMILES string of the molecule is Cc1cnc(N(C)C)nc1NC1CCC(N(C(=O)C(F)(F)F)c2cc(F)cc(Cl)c2)CC1. The van der Waals surface area contributed by atoms with E-state index in [0.717, 1.165) is 17.7 Å². The van der Waals surface area contributed by atoms with Gasteiger partial charge in [0.2, 0.25) is 5.95 Å². The summed E-state index contributed by atoms with van der Waals surface area (Å²) >= 11 is 5.83. The number of amides is 1. The lowest BCUT2D eigenvalue weighted by atomic mass is 9.89. The summed E-state index contributed by atoms with van der Waals surface area (Å²) in [5.74, 6) is -1.64. The van der Waals surface area contributed by atoms with Crippen LogP contribution >= 0.6 is 11.6 Å². The number of aromatic nitrogens is 2. The van der Waals surface area contributed by atoms with E-state index < -0.39 is 23.9 Å². The van der Waals surface area contributed by atoms with Crippen molar-refractivity contribution in [3.63, 3.8) is 0 Å². The topological polar surface area (TPSA) is 61.4 Å². The van der Waals surface area contributed by atoms with Crippen LogP contribution in [0.4, 0.5) is 35.0 Å². The first kappa shape index (κ1) is 24.0. The van der Waals surface area contributed by atoms with E-state index in [2.05, 4.69) is 15.3 Å². The Hall–Kier alpha value is -2.62. The smallest absolute Gasteiger partial charge is 0.367 e. The van der Waals surface area contributed by atoms with E-state index in [9.17, 15) is 22.4 Å². The number of nitrogens with one attached hydrogen (secondary N) is 1. The quantitative estimate of drug-likeness (QED) is 0.622. The lowest BCUT2D eigenvalue weighted by molar-refractivity contribution is -0.171. The maximum atomic E-state index is 13.8. The standard InChI is InChI=1S/C21H24ClF4N5O/c1-12-11-27-20(30(2)3)29-18(12)28-15-4-6-16(7-5-15)31(19(32)21(24,25)26)17-9-13(22)8-14(23)10-17/h8-11,15-16H,4-7H2,1-3H3,(H,27,28,29). The molecule has 3 rings (SSSR count). The van der Waals surface area contributed by atoms with Crippen LogP contribution in [0.5, 0.6) is 0 Å². The molecule has 1 heterocycles. The zero-order valence-corrected chi connectivity index (χ0v) is 18.6. The number of carbonyl (C=O) groups is 1. The van der Waals surface area contributed by atoms with Gasteiger partial charge < -0.3 is 15.1 Å². The third-order valence-corrected chi connectivity index (χ3v) is 5.57. The molecular formula is C21H24ClF4N5O.